The monoisotopic (exact) mass is 382 g/mol. The molecule has 1 aliphatic rings. The van der Waals surface area contributed by atoms with Crippen LogP contribution in [0.25, 0.3) is 10.8 Å². The van der Waals surface area contributed by atoms with Crippen LogP contribution in [0.4, 0.5) is 5.69 Å². The molecular formula is C25H19ClN2. The van der Waals surface area contributed by atoms with Gasteiger partial charge in [-0.3, -0.25) is 5.01 Å². The van der Waals surface area contributed by atoms with E-state index in [0.29, 0.717) is 0 Å². The molecule has 2 nitrogen and oxygen atoms in total. The molecule has 5 rings (SSSR count). The summed E-state index contributed by atoms with van der Waals surface area (Å²) in [6, 6.07) is 33.6. The van der Waals surface area contributed by atoms with Crippen molar-refractivity contribution < 1.29 is 0 Å². The first-order chi connectivity index (χ1) is 13.8. The Morgan fingerprint density at radius 2 is 1.46 bits per heavy atom. The Kier molecular flexibility index (Phi) is 4.34. The molecule has 28 heavy (non-hydrogen) atoms. The summed E-state index contributed by atoms with van der Waals surface area (Å²) in [6.45, 7) is 0. The molecule has 4 aromatic rings. The standard InChI is InChI=1S/C25H19ClN2/c26-21-15-13-20(14-16-21)25-17-23(19-8-2-1-3-9-19)27-28(25)24-12-6-10-18-7-4-5-11-22(18)24/h1-16,25H,17H2. The molecule has 1 unspecified atom stereocenters. The predicted octanol–water partition coefficient (Wildman–Crippen LogP) is 6.85. The van der Waals surface area contributed by atoms with Gasteiger partial charge in [-0.2, -0.15) is 5.10 Å². The van der Waals surface area contributed by atoms with Crippen LogP contribution in [-0.2, 0) is 0 Å². The number of benzene rings is 4. The van der Waals surface area contributed by atoms with Crippen molar-refractivity contribution in [2.75, 3.05) is 5.01 Å². The van der Waals surface area contributed by atoms with E-state index in [1.165, 1.54) is 21.9 Å². The predicted molar refractivity (Wildman–Crippen MR) is 118 cm³/mol. The summed E-state index contributed by atoms with van der Waals surface area (Å²) < 4.78 is 0. The SMILES string of the molecule is Clc1ccc(C2CC(c3ccccc3)=NN2c2cccc3ccccc23)cc1. The molecule has 1 heterocycles. The third-order valence-corrected chi connectivity index (χ3v) is 5.54. The van der Waals surface area contributed by atoms with E-state index in [1.807, 2.05) is 18.2 Å². The molecule has 1 atom stereocenters. The molecule has 0 aliphatic carbocycles. The van der Waals surface area contributed by atoms with Crippen molar-refractivity contribution in [1.29, 1.82) is 0 Å². The minimum absolute atomic E-state index is 0.137. The second-order valence-electron chi connectivity index (χ2n) is 7.03. The smallest absolute Gasteiger partial charge is 0.0832 e. The van der Waals surface area contributed by atoms with Crippen molar-refractivity contribution in [3.63, 3.8) is 0 Å². The molecule has 0 spiro atoms. The summed E-state index contributed by atoms with van der Waals surface area (Å²) in [4.78, 5) is 0. The number of rotatable bonds is 3. The summed E-state index contributed by atoms with van der Waals surface area (Å²) in [5, 5.41) is 10.4. The Morgan fingerprint density at radius 1 is 0.750 bits per heavy atom. The van der Waals surface area contributed by atoms with Crippen molar-refractivity contribution in [3.05, 3.63) is 113 Å². The minimum Gasteiger partial charge on any atom is -0.257 e. The fourth-order valence-electron chi connectivity index (χ4n) is 3.89. The van der Waals surface area contributed by atoms with E-state index in [9.17, 15) is 0 Å². The van der Waals surface area contributed by atoms with E-state index in [0.717, 1.165) is 22.8 Å². The van der Waals surface area contributed by atoms with Crippen LogP contribution < -0.4 is 5.01 Å². The van der Waals surface area contributed by atoms with Crippen molar-refractivity contribution in [2.45, 2.75) is 12.5 Å². The lowest BCUT2D eigenvalue weighted by molar-refractivity contribution is 0.711. The third kappa shape index (κ3) is 3.06. The van der Waals surface area contributed by atoms with Gasteiger partial charge in [0.2, 0.25) is 0 Å². The summed E-state index contributed by atoms with van der Waals surface area (Å²) in [5.74, 6) is 0. The Morgan fingerprint density at radius 3 is 2.29 bits per heavy atom. The van der Waals surface area contributed by atoms with Gasteiger partial charge in [-0.1, -0.05) is 90.5 Å². The lowest BCUT2D eigenvalue weighted by Gasteiger charge is -2.25. The molecule has 0 saturated carbocycles. The first-order valence-electron chi connectivity index (χ1n) is 9.45. The van der Waals surface area contributed by atoms with E-state index in [2.05, 4.69) is 83.9 Å². The van der Waals surface area contributed by atoms with Gasteiger partial charge < -0.3 is 0 Å². The molecule has 3 heteroatoms. The molecule has 1 aliphatic heterocycles. The topological polar surface area (TPSA) is 15.6 Å². The number of hydrazone groups is 1. The van der Waals surface area contributed by atoms with Gasteiger partial charge in [0, 0.05) is 16.8 Å². The highest BCUT2D eigenvalue weighted by Crippen LogP contribution is 2.39. The zero-order chi connectivity index (χ0) is 18.9. The van der Waals surface area contributed by atoms with Crippen LogP contribution in [0.1, 0.15) is 23.6 Å². The minimum atomic E-state index is 0.137. The Hall–Kier alpha value is -3.10. The van der Waals surface area contributed by atoms with E-state index in [4.69, 9.17) is 16.7 Å². The Balaban J connectivity index is 1.65. The number of anilines is 1. The van der Waals surface area contributed by atoms with Crippen LogP contribution >= 0.6 is 11.6 Å². The quantitative estimate of drug-likeness (QED) is 0.378. The molecular weight excluding hydrogens is 364 g/mol. The van der Waals surface area contributed by atoms with Crippen LogP contribution in [0, 0.1) is 0 Å². The van der Waals surface area contributed by atoms with Crippen molar-refractivity contribution in [2.24, 2.45) is 5.10 Å². The zero-order valence-electron chi connectivity index (χ0n) is 15.3. The second kappa shape index (κ2) is 7.14. The molecule has 4 aromatic carbocycles. The van der Waals surface area contributed by atoms with Gasteiger partial charge >= 0.3 is 0 Å². The largest absolute Gasteiger partial charge is 0.257 e. The Labute approximate surface area is 169 Å². The summed E-state index contributed by atoms with van der Waals surface area (Å²) >= 11 is 6.13. The lowest BCUT2D eigenvalue weighted by Crippen LogP contribution is -2.18. The maximum Gasteiger partial charge on any atom is 0.0832 e. The normalized spacial score (nSPS) is 16.4. The second-order valence-corrected chi connectivity index (χ2v) is 7.46. The average Bonchev–Trinajstić information content (AvgIpc) is 3.20. The van der Waals surface area contributed by atoms with E-state index < -0.39 is 0 Å². The van der Waals surface area contributed by atoms with Gasteiger partial charge in [0.05, 0.1) is 17.4 Å². The highest BCUT2D eigenvalue weighted by atomic mass is 35.5. The molecule has 0 fully saturated rings. The maximum absolute atomic E-state index is 6.13. The summed E-state index contributed by atoms with van der Waals surface area (Å²) in [6.07, 6.45) is 0.856. The van der Waals surface area contributed by atoms with Crippen LogP contribution in [0.15, 0.2) is 102 Å². The summed E-state index contributed by atoms with van der Waals surface area (Å²) in [5.41, 5.74) is 4.62. The first kappa shape index (κ1) is 17.0. The van der Waals surface area contributed by atoms with Crippen LogP contribution in [-0.4, -0.2) is 5.71 Å². The van der Waals surface area contributed by atoms with Crippen LogP contribution in [0.5, 0.6) is 0 Å². The fraction of sp³-hybridized carbons (Fsp3) is 0.0800. The van der Waals surface area contributed by atoms with E-state index >= 15 is 0 Å². The molecule has 0 N–H and O–H groups in total. The van der Waals surface area contributed by atoms with Crippen molar-refractivity contribution >= 4 is 33.8 Å². The van der Waals surface area contributed by atoms with Crippen LogP contribution in [0.2, 0.25) is 5.02 Å². The maximum atomic E-state index is 6.13. The fourth-order valence-corrected chi connectivity index (χ4v) is 4.02. The number of halogens is 1. The lowest BCUT2D eigenvalue weighted by atomic mass is 9.98. The van der Waals surface area contributed by atoms with Gasteiger partial charge in [-0.05, 0) is 34.7 Å². The average molecular weight is 383 g/mol. The van der Waals surface area contributed by atoms with Crippen molar-refractivity contribution in [1.82, 2.24) is 0 Å². The third-order valence-electron chi connectivity index (χ3n) is 5.29. The van der Waals surface area contributed by atoms with E-state index in [1.54, 1.807) is 0 Å². The van der Waals surface area contributed by atoms with Crippen LogP contribution in [0.3, 0.4) is 0 Å². The number of nitrogens with zero attached hydrogens (tertiary/aromatic N) is 2. The number of fused-ring (bicyclic) bond motifs is 1. The first-order valence-corrected chi connectivity index (χ1v) is 9.83. The zero-order valence-corrected chi connectivity index (χ0v) is 16.1. The number of hydrogen-bond donors (Lipinski definition) is 0. The molecule has 0 saturated heterocycles. The molecule has 136 valence electrons. The number of hydrogen-bond acceptors (Lipinski definition) is 2. The molecule has 0 bridgehead atoms. The molecule has 0 radical (unpaired) electrons. The van der Waals surface area contributed by atoms with Gasteiger partial charge in [-0.15, -0.1) is 0 Å². The van der Waals surface area contributed by atoms with Gasteiger partial charge in [-0.25, -0.2) is 0 Å². The van der Waals surface area contributed by atoms with Gasteiger partial charge in [0.15, 0.2) is 0 Å². The van der Waals surface area contributed by atoms with Gasteiger partial charge in [0.25, 0.3) is 0 Å². The van der Waals surface area contributed by atoms with Crippen molar-refractivity contribution in [3.8, 4) is 0 Å². The highest BCUT2D eigenvalue weighted by Gasteiger charge is 2.30. The highest BCUT2D eigenvalue weighted by molar-refractivity contribution is 6.30. The summed E-state index contributed by atoms with van der Waals surface area (Å²) in [7, 11) is 0. The Bertz CT molecular complexity index is 1140. The van der Waals surface area contributed by atoms with Gasteiger partial charge in [0.1, 0.15) is 0 Å². The molecule has 0 amide bonds. The van der Waals surface area contributed by atoms with E-state index in [-0.39, 0.29) is 6.04 Å². The molecule has 0 aromatic heterocycles.